The van der Waals surface area contributed by atoms with E-state index in [4.69, 9.17) is 5.10 Å². The quantitative estimate of drug-likeness (QED) is 0.444. The number of halogens is 1. The zero-order valence-corrected chi connectivity index (χ0v) is 16.0. The summed E-state index contributed by atoms with van der Waals surface area (Å²) < 4.78 is 15.3. The van der Waals surface area contributed by atoms with Crippen molar-refractivity contribution < 1.29 is 4.39 Å². The molecule has 5 nitrogen and oxygen atoms in total. The summed E-state index contributed by atoms with van der Waals surface area (Å²) in [4.78, 5) is 8.59. The molecule has 1 N–H and O–H groups in total. The second kappa shape index (κ2) is 7.75. The van der Waals surface area contributed by atoms with Crippen molar-refractivity contribution in [3.63, 3.8) is 0 Å². The molecule has 0 aliphatic heterocycles. The molecule has 4 heterocycles. The maximum absolute atomic E-state index is 13.5. The third-order valence-corrected chi connectivity index (χ3v) is 4.90. The predicted octanol–water partition coefficient (Wildman–Crippen LogP) is 5.21. The van der Waals surface area contributed by atoms with Gasteiger partial charge in [0.15, 0.2) is 0 Å². The van der Waals surface area contributed by atoms with Gasteiger partial charge >= 0.3 is 0 Å². The molecule has 0 bridgehead atoms. The third-order valence-electron chi connectivity index (χ3n) is 4.90. The minimum Gasteiger partial charge on any atom is -0.366 e. The van der Waals surface area contributed by atoms with Gasteiger partial charge in [-0.3, -0.25) is 4.98 Å². The van der Waals surface area contributed by atoms with Crippen molar-refractivity contribution in [2.24, 2.45) is 0 Å². The lowest BCUT2D eigenvalue weighted by Crippen LogP contribution is -2.01. The summed E-state index contributed by atoms with van der Waals surface area (Å²) in [6, 6.07) is 20.3. The Kier molecular flexibility index (Phi) is 4.65. The lowest BCUT2D eigenvalue weighted by Gasteiger charge is -2.08. The second-order valence-electron chi connectivity index (χ2n) is 6.91. The molecule has 6 heteroatoms. The van der Waals surface area contributed by atoms with E-state index in [-0.39, 0.29) is 5.82 Å². The first-order chi connectivity index (χ1) is 14.8. The minimum atomic E-state index is -0.269. The monoisotopic (exact) mass is 395 g/mol. The SMILES string of the molecule is Fc1ccc(-c2nn3ccccc3c2-c2ccnc(NCc3cccnc3)c2)cc1. The summed E-state index contributed by atoms with van der Waals surface area (Å²) in [6.45, 7) is 0.629. The first-order valence-electron chi connectivity index (χ1n) is 9.60. The van der Waals surface area contributed by atoms with Crippen LogP contribution >= 0.6 is 0 Å². The Balaban J connectivity index is 1.57. The predicted molar refractivity (Wildman–Crippen MR) is 115 cm³/mol. The summed E-state index contributed by atoms with van der Waals surface area (Å²) in [5, 5.41) is 8.11. The van der Waals surface area contributed by atoms with Gasteiger partial charge in [-0.2, -0.15) is 5.10 Å². The van der Waals surface area contributed by atoms with Gasteiger partial charge in [-0.15, -0.1) is 0 Å². The average molecular weight is 395 g/mol. The maximum atomic E-state index is 13.5. The lowest BCUT2D eigenvalue weighted by molar-refractivity contribution is 0.628. The maximum Gasteiger partial charge on any atom is 0.126 e. The first kappa shape index (κ1) is 18.0. The highest BCUT2D eigenvalue weighted by Gasteiger charge is 2.17. The number of benzene rings is 1. The summed E-state index contributed by atoms with van der Waals surface area (Å²) in [7, 11) is 0. The number of fused-ring (bicyclic) bond motifs is 1. The molecule has 0 fully saturated rings. The van der Waals surface area contributed by atoms with Gasteiger partial charge in [0.1, 0.15) is 17.3 Å². The number of nitrogens with zero attached hydrogens (tertiary/aromatic N) is 4. The van der Waals surface area contributed by atoms with E-state index in [9.17, 15) is 4.39 Å². The van der Waals surface area contributed by atoms with Gasteiger partial charge < -0.3 is 5.32 Å². The number of nitrogens with one attached hydrogen (secondary N) is 1. The van der Waals surface area contributed by atoms with Gasteiger partial charge in [-0.05, 0) is 65.7 Å². The normalized spacial score (nSPS) is 11.0. The topological polar surface area (TPSA) is 55.1 Å². The summed E-state index contributed by atoms with van der Waals surface area (Å²) >= 11 is 0. The molecule has 5 aromatic rings. The third kappa shape index (κ3) is 3.51. The second-order valence-corrected chi connectivity index (χ2v) is 6.91. The number of hydrogen-bond acceptors (Lipinski definition) is 4. The molecule has 0 atom stereocenters. The van der Waals surface area contributed by atoms with Crippen LogP contribution in [0.2, 0.25) is 0 Å². The van der Waals surface area contributed by atoms with E-state index < -0.39 is 0 Å². The number of hydrogen-bond donors (Lipinski definition) is 1. The molecular formula is C24H18FN5. The van der Waals surface area contributed by atoms with E-state index in [0.29, 0.717) is 6.54 Å². The van der Waals surface area contributed by atoms with Crippen molar-refractivity contribution in [3.8, 4) is 22.4 Å². The molecular weight excluding hydrogens is 377 g/mol. The Bertz CT molecular complexity index is 1300. The molecule has 0 unspecified atom stereocenters. The number of rotatable bonds is 5. The van der Waals surface area contributed by atoms with Gasteiger partial charge in [0.05, 0.1) is 5.52 Å². The van der Waals surface area contributed by atoms with Crippen LogP contribution in [-0.4, -0.2) is 19.6 Å². The van der Waals surface area contributed by atoms with Crippen molar-refractivity contribution >= 4 is 11.3 Å². The van der Waals surface area contributed by atoms with Gasteiger partial charge in [-0.25, -0.2) is 13.9 Å². The zero-order chi connectivity index (χ0) is 20.3. The van der Waals surface area contributed by atoms with Gasteiger partial charge in [0, 0.05) is 42.5 Å². The van der Waals surface area contributed by atoms with Crippen molar-refractivity contribution in [3.05, 3.63) is 103 Å². The van der Waals surface area contributed by atoms with Crippen molar-refractivity contribution in [2.75, 3.05) is 5.32 Å². The summed E-state index contributed by atoms with van der Waals surface area (Å²) in [6.07, 6.45) is 7.27. The first-order valence-corrected chi connectivity index (χ1v) is 9.60. The largest absolute Gasteiger partial charge is 0.366 e. The van der Waals surface area contributed by atoms with E-state index in [2.05, 4.69) is 15.3 Å². The van der Waals surface area contributed by atoms with Gasteiger partial charge in [-0.1, -0.05) is 12.1 Å². The van der Waals surface area contributed by atoms with Crippen molar-refractivity contribution in [1.82, 2.24) is 19.6 Å². The van der Waals surface area contributed by atoms with Crippen molar-refractivity contribution in [1.29, 1.82) is 0 Å². The van der Waals surface area contributed by atoms with E-state index in [1.807, 2.05) is 59.4 Å². The van der Waals surface area contributed by atoms with E-state index in [1.165, 1.54) is 12.1 Å². The van der Waals surface area contributed by atoms with Crippen LogP contribution in [0, 0.1) is 5.82 Å². The number of aromatic nitrogens is 4. The van der Waals surface area contributed by atoms with E-state index in [1.54, 1.807) is 24.5 Å². The molecule has 0 saturated carbocycles. The van der Waals surface area contributed by atoms with Crippen LogP contribution in [0.1, 0.15) is 5.56 Å². The molecule has 1 aromatic carbocycles. The highest BCUT2D eigenvalue weighted by molar-refractivity contribution is 5.92. The summed E-state index contributed by atoms with van der Waals surface area (Å²) in [5.41, 5.74) is 5.67. The Morgan fingerprint density at radius 3 is 2.63 bits per heavy atom. The molecule has 0 amide bonds. The molecule has 0 aliphatic carbocycles. The Morgan fingerprint density at radius 2 is 1.80 bits per heavy atom. The number of pyridine rings is 3. The molecule has 30 heavy (non-hydrogen) atoms. The molecule has 4 aromatic heterocycles. The van der Waals surface area contributed by atoms with E-state index >= 15 is 0 Å². The van der Waals surface area contributed by atoms with Gasteiger partial charge in [0.25, 0.3) is 0 Å². The van der Waals surface area contributed by atoms with Crippen LogP contribution in [0.5, 0.6) is 0 Å². The molecule has 5 rings (SSSR count). The summed E-state index contributed by atoms with van der Waals surface area (Å²) in [5.74, 6) is 0.492. The number of anilines is 1. The van der Waals surface area contributed by atoms with Crippen molar-refractivity contribution in [2.45, 2.75) is 6.54 Å². The Morgan fingerprint density at radius 1 is 0.900 bits per heavy atom. The molecule has 0 aliphatic rings. The van der Waals surface area contributed by atoms with Crippen LogP contribution in [0.3, 0.4) is 0 Å². The van der Waals surface area contributed by atoms with Crippen LogP contribution in [0.25, 0.3) is 27.9 Å². The van der Waals surface area contributed by atoms with Gasteiger partial charge in [0.2, 0.25) is 0 Å². The molecule has 0 saturated heterocycles. The smallest absolute Gasteiger partial charge is 0.126 e. The lowest BCUT2D eigenvalue weighted by atomic mass is 10.0. The Labute approximate surface area is 172 Å². The minimum absolute atomic E-state index is 0.269. The fourth-order valence-corrected chi connectivity index (χ4v) is 3.47. The van der Waals surface area contributed by atoms with Crippen LogP contribution in [0.4, 0.5) is 10.2 Å². The van der Waals surface area contributed by atoms with Crippen LogP contribution in [-0.2, 0) is 6.54 Å². The zero-order valence-electron chi connectivity index (χ0n) is 16.0. The highest BCUT2D eigenvalue weighted by Crippen LogP contribution is 2.35. The molecule has 0 radical (unpaired) electrons. The van der Waals surface area contributed by atoms with E-state index in [0.717, 1.165) is 39.3 Å². The average Bonchev–Trinajstić information content (AvgIpc) is 3.19. The highest BCUT2D eigenvalue weighted by atomic mass is 19.1. The fourth-order valence-electron chi connectivity index (χ4n) is 3.47. The Hall–Kier alpha value is -4.06. The molecule has 146 valence electrons. The fraction of sp³-hybridized carbons (Fsp3) is 0.0417. The standard InChI is InChI=1S/C24H18FN5/c25-20-8-6-18(7-9-20)24-23(21-5-1-2-13-30(21)29-24)19-10-12-27-22(14-19)28-16-17-4-3-11-26-15-17/h1-15H,16H2,(H,27,28). The molecule has 0 spiro atoms. The van der Waals surface area contributed by atoms with Crippen LogP contribution in [0.15, 0.2) is 91.5 Å². The van der Waals surface area contributed by atoms with Crippen LogP contribution < -0.4 is 5.32 Å².